The highest BCUT2D eigenvalue weighted by Crippen LogP contribution is 2.05. The van der Waals surface area contributed by atoms with Gasteiger partial charge >= 0.3 is 11.9 Å². The quantitative estimate of drug-likeness (QED) is 0.146. The molecule has 0 saturated heterocycles. The summed E-state index contributed by atoms with van der Waals surface area (Å²) in [6.45, 7) is 5.25. The lowest BCUT2D eigenvalue weighted by molar-refractivity contribution is -0.143. The number of aliphatic carboxylic acids is 2. The van der Waals surface area contributed by atoms with E-state index in [1.165, 1.54) is 6.92 Å². The summed E-state index contributed by atoms with van der Waals surface area (Å²) in [6, 6.07) is -4.37. The van der Waals surface area contributed by atoms with Crippen LogP contribution < -0.4 is 27.4 Å². The number of carbonyl (C=O) groups excluding carboxylic acids is 3. The van der Waals surface area contributed by atoms with Crippen molar-refractivity contribution in [1.29, 1.82) is 0 Å². The van der Waals surface area contributed by atoms with Crippen molar-refractivity contribution in [3.63, 3.8) is 0 Å². The van der Waals surface area contributed by atoms with E-state index in [4.69, 9.17) is 16.6 Å². The molecule has 0 bridgehead atoms. The van der Waals surface area contributed by atoms with Gasteiger partial charge in [-0.05, 0) is 45.1 Å². The number of hydrogen-bond acceptors (Lipinski definition) is 7. The monoisotopic (exact) mass is 445 g/mol. The SMILES string of the molecule is CC(NC(=O)C(N)C(C)C)C(=O)NC(CCC(=O)O)C(=O)NC(CCCCN)C(=O)O. The molecule has 12 heteroatoms. The highest BCUT2D eigenvalue weighted by atomic mass is 16.4. The third-order valence-electron chi connectivity index (χ3n) is 4.61. The Balaban J connectivity index is 5.16. The van der Waals surface area contributed by atoms with Crippen molar-refractivity contribution in [3.8, 4) is 0 Å². The minimum Gasteiger partial charge on any atom is -0.481 e. The molecule has 3 amide bonds. The molecule has 178 valence electrons. The van der Waals surface area contributed by atoms with Crippen molar-refractivity contribution in [2.45, 2.75) is 77.0 Å². The predicted octanol–water partition coefficient (Wildman–Crippen LogP) is -1.48. The number of nitrogens with one attached hydrogen (secondary N) is 3. The van der Waals surface area contributed by atoms with Crippen LogP contribution in [0.3, 0.4) is 0 Å². The van der Waals surface area contributed by atoms with E-state index in [-0.39, 0.29) is 18.8 Å². The van der Waals surface area contributed by atoms with Crippen LogP contribution in [0.5, 0.6) is 0 Å². The van der Waals surface area contributed by atoms with Gasteiger partial charge in [-0.2, -0.15) is 0 Å². The van der Waals surface area contributed by atoms with Crippen molar-refractivity contribution < 1.29 is 34.2 Å². The van der Waals surface area contributed by atoms with E-state index in [2.05, 4.69) is 16.0 Å². The molecule has 0 fully saturated rings. The summed E-state index contributed by atoms with van der Waals surface area (Å²) >= 11 is 0. The molecule has 0 aliphatic rings. The normalized spacial score (nSPS) is 14.8. The van der Waals surface area contributed by atoms with Crippen LogP contribution in [0.15, 0.2) is 0 Å². The summed E-state index contributed by atoms with van der Waals surface area (Å²) in [7, 11) is 0. The second kappa shape index (κ2) is 14.3. The van der Waals surface area contributed by atoms with Gasteiger partial charge in [0, 0.05) is 6.42 Å². The molecule has 9 N–H and O–H groups in total. The van der Waals surface area contributed by atoms with Gasteiger partial charge in [-0.15, -0.1) is 0 Å². The van der Waals surface area contributed by atoms with Gasteiger partial charge in [-0.25, -0.2) is 4.79 Å². The van der Waals surface area contributed by atoms with Gasteiger partial charge in [0.15, 0.2) is 0 Å². The van der Waals surface area contributed by atoms with Crippen LogP contribution in [0.1, 0.15) is 52.9 Å². The summed E-state index contributed by atoms with van der Waals surface area (Å²) in [5, 5.41) is 25.3. The molecule has 0 aliphatic heterocycles. The number of carboxylic acid groups (broad SMARTS) is 2. The number of hydrogen-bond donors (Lipinski definition) is 7. The van der Waals surface area contributed by atoms with Crippen LogP contribution in [0.25, 0.3) is 0 Å². The van der Waals surface area contributed by atoms with Crippen LogP contribution in [-0.4, -0.2) is 70.6 Å². The average Bonchev–Trinajstić information content (AvgIpc) is 2.68. The molecule has 0 aromatic rings. The van der Waals surface area contributed by atoms with Crippen LogP contribution in [0, 0.1) is 5.92 Å². The van der Waals surface area contributed by atoms with E-state index in [0.29, 0.717) is 19.4 Å². The first kappa shape index (κ1) is 28.3. The molecule has 31 heavy (non-hydrogen) atoms. The summed E-state index contributed by atoms with van der Waals surface area (Å²) in [4.78, 5) is 59.4. The highest BCUT2D eigenvalue weighted by molar-refractivity contribution is 5.94. The summed E-state index contributed by atoms with van der Waals surface area (Å²) in [6.07, 6.45) is 0.501. The van der Waals surface area contributed by atoms with Crippen molar-refractivity contribution in [3.05, 3.63) is 0 Å². The molecule has 4 unspecified atom stereocenters. The van der Waals surface area contributed by atoms with E-state index < -0.39 is 60.2 Å². The maximum atomic E-state index is 12.6. The van der Waals surface area contributed by atoms with E-state index in [1.807, 2.05) is 0 Å². The first-order chi connectivity index (χ1) is 14.4. The van der Waals surface area contributed by atoms with Crippen LogP contribution >= 0.6 is 0 Å². The number of carboxylic acids is 2. The Morgan fingerprint density at radius 2 is 1.39 bits per heavy atom. The Labute approximate surface area is 181 Å². The zero-order valence-corrected chi connectivity index (χ0v) is 18.2. The fourth-order valence-corrected chi connectivity index (χ4v) is 2.53. The molecule has 0 heterocycles. The van der Waals surface area contributed by atoms with Crippen molar-refractivity contribution >= 4 is 29.7 Å². The van der Waals surface area contributed by atoms with Gasteiger partial charge in [0.1, 0.15) is 18.1 Å². The number of carbonyl (C=O) groups is 5. The molecule has 0 saturated carbocycles. The lowest BCUT2D eigenvalue weighted by Crippen LogP contribution is -2.56. The second-order valence-corrected chi connectivity index (χ2v) is 7.68. The Kier molecular flexibility index (Phi) is 13.0. The zero-order valence-electron chi connectivity index (χ0n) is 18.2. The van der Waals surface area contributed by atoms with Crippen LogP contribution in [0.2, 0.25) is 0 Å². The van der Waals surface area contributed by atoms with E-state index in [0.717, 1.165) is 0 Å². The largest absolute Gasteiger partial charge is 0.481 e. The first-order valence-electron chi connectivity index (χ1n) is 10.2. The van der Waals surface area contributed by atoms with E-state index >= 15 is 0 Å². The minimum atomic E-state index is -1.29. The smallest absolute Gasteiger partial charge is 0.326 e. The molecule has 0 aromatic carbocycles. The van der Waals surface area contributed by atoms with Gasteiger partial charge in [0.25, 0.3) is 0 Å². The Morgan fingerprint density at radius 3 is 1.87 bits per heavy atom. The molecule has 0 rings (SSSR count). The maximum absolute atomic E-state index is 12.6. The molecule has 4 atom stereocenters. The summed E-state index contributed by atoms with van der Waals surface area (Å²) in [5.41, 5.74) is 11.1. The molecule has 0 spiro atoms. The third-order valence-corrected chi connectivity index (χ3v) is 4.61. The predicted molar refractivity (Wildman–Crippen MR) is 112 cm³/mol. The Bertz CT molecular complexity index is 641. The molecular formula is C19H35N5O7. The zero-order chi connectivity index (χ0) is 24.1. The topological polar surface area (TPSA) is 214 Å². The van der Waals surface area contributed by atoms with Crippen LogP contribution in [0.4, 0.5) is 0 Å². The highest BCUT2D eigenvalue weighted by Gasteiger charge is 2.29. The fraction of sp³-hybridized carbons (Fsp3) is 0.737. The molecule has 0 radical (unpaired) electrons. The molecule has 12 nitrogen and oxygen atoms in total. The standard InChI is InChI=1S/C19H35N5O7/c1-10(2)15(21)18(29)22-11(3)16(27)23-12(7-8-14(25)26)17(28)24-13(19(30)31)6-4-5-9-20/h10-13,15H,4-9,20-21H2,1-3H3,(H,22,29)(H,23,27)(H,24,28)(H,25,26)(H,30,31). The number of rotatable bonds is 15. The molecular weight excluding hydrogens is 410 g/mol. The number of nitrogens with two attached hydrogens (primary N) is 2. The summed E-state index contributed by atoms with van der Waals surface area (Å²) in [5.74, 6) is -4.70. The second-order valence-electron chi connectivity index (χ2n) is 7.68. The molecule has 0 aromatic heterocycles. The summed E-state index contributed by atoms with van der Waals surface area (Å²) < 4.78 is 0. The van der Waals surface area contributed by atoms with Gasteiger partial charge in [0.05, 0.1) is 6.04 Å². The number of amides is 3. The van der Waals surface area contributed by atoms with E-state index in [9.17, 15) is 29.1 Å². The number of unbranched alkanes of at least 4 members (excludes halogenated alkanes) is 1. The first-order valence-corrected chi connectivity index (χ1v) is 10.2. The van der Waals surface area contributed by atoms with Crippen molar-refractivity contribution in [2.75, 3.05) is 6.54 Å². The third kappa shape index (κ3) is 11.3. The van der Waals surface area contributed by atoms with Gasteiger partial charge in [-0.3, -0.25) is 19.2 Å². The van der Waals surface area contributed by atoms with Gasteiger partial charge in [-0.1, -0.05) is 13.8 Å². The minimum absolute atomic E-state index is 0.136. The lowest BCUT2D eigenvalue weighted by atomic mass is 10.0. The van der Waals surface area contributed by atoms with E-state index in [1.54, 1.807) is 13.8 Å². The lowest BCUT2D eigenvalue weighted by Gasteiger charge is -2.24. The Hall–Kier alpha value is -2.73. The average molecular weight is 446 g/mol. The maximum Gasteiger partial charge on any atom is 0.326 e. The Morgan fingerprint density at radius 1 is 0.806 bits per heavy atom. The van der Waals surface area contributed by atoms with Crippen molar-refractivity contribution in [2.24, 2.45) is 17.4 Å². The van der Waals surface area contributed by atoms with Gasteiger partial charge < -0.3 is 37.6 Å². The molecule has 0 aliphatic carbocycles. The van der Waals surface area contributed by atoms with Gasteiger partial charge in [0.2, 0.25) is 17.7 Å². The fourth-order valence-electron chi connectivity index (χ4n) is 2.53. The van der Waals surface area contributed by atoms with Crippen molar-refractivity contribution in [1.82, 2.24) is 16.0 Å². The van der Waals surface area contributed by atoms with Crippen LogP contribution in [-0.2, 0) is 24.0 Å².